The van der Waals surface area contributed by atoms with Crippen LogP contribution in [-0.2, 0) is 6.54 Å². The molecule has 0 radical (unpaired) electrons. The lowest BCUT2D eigenvalue weighted by atomic mass is 10.1. The normalized spacial score (nSPS) is 13.1. The molecular weight excluding hydrogens is 174 g/mol. The Kier molecular flexibility index (Phi) is 4.66. The second-order valence-electron chi connectivity index (χ2n) is 3.78. The van der Waals surface area contributed by atoms with Crippen LogP contribution in [0.1, 0.15) is 38.3 Å². The zero-order chi connectivity index (χ0) is 10.4. The molecule has 0 spiro atoms. The summed E-state index contributed by atoms with van der Waals surface area (Å²) >= 11 is 0. The predicted octanol–water partition coefficient (Wildman–Crippen LogP) is 2.01. The lowest BCUT2D eigenvalue weighted by Crippen LogP contribution is -2.12. The summed E-state index contributed by atoms with van der Waals surface area (Å²) in [5.41, 5.74) is 1.36. The van der Waals surface area contributed by atoms with Gasteiger partial charge in [-0.05, 0) is 32.4 Å². The fraction of sp³-hybridized carbons (Fsp3) is 0.727. The van der Waals surface area contributed by atoms with Crippen molar-refractivity contribution in [2.24, 2.45) is 0 Å². The maximum absolute atomic E-state index is 4.21. The largest absolute Gasteiger partial charge is 0.334 e. The van der Waals surface area contributed by atoms with E-state index in [1.54, 1.807) is 0 Å². The van der Waals surface area contributed by atoms with Crippen LogP contribution in [0.25, 0.3) is 0 Å². The maximum atomic E-state index is 4.21. The van der Waals surface area contributed by atoms with Gasteiger partial charge < -0.3 is 9.88 Å². The SMILES string of the molecule is CCC(C)c1cncn1CCCNC. The number of hydrogen-bond donors (Lipinski definition) is 1. The summed E-state index contributed by atoms with van der Waals surface area (Å²) in [6.45, 7) is 6.61. The van der Waals surface area contributed by atoms with Gasteiger partial charge in [0.05, 0.1) is 6.33 Å². The average molecular weight is 195 g/mol. The van der Waals surface area contributed by atoms with Crippen molar-refractivity contribution in [2.75, 3.05) is 13.6 Å². The average Bonchev–Trinajstić information content (AvgIpc) is 2.65. The van der Waals surface area contributed by atoms with E-state index >= 15 is 0 Å². The summed E-state index contributed by atoms with van der Waals surface area (Å²) < 4.78 is 2.27. The van der Waals surface area contributed by atoms with Crippen LogP contribution in [0.4, 0.5) is 0 Å². The zero-order valence-corrected chi connectivity index (χ0v) is 9.45. The van der Waals surface area contributed by atoms with E-state index in [4.69, 9.17) is 0 Å². The van der Waals surface area contributed by atoms with Crippen molar-refractivity contribution in [1.82, 2.24) is 14.9 Å². The number of hydrogen-bond acceptors (Lipinski definition) is 2. The number of aromatic nitrogens is 2. The lowest BCUT2D eigenvalue weighted by molar-refractivity contribution is 0.566. The van der Waals surface area contributed by atoms with E-state index in [1.165, 1.54) is 12.1 Å². The second kappa shape index (κ2) is 5.81. The molecule has 1 unspecified atom stereocenters. The summed E-state index contributed by atoms with van der Waals surface area (Å²) in [4.78, 5) is 4.21. The molecule has 14 heavy (non-hydrogen) atoms. The van der Waals surface area contributed by atoms with E-state index in [0.29, 0.717) is 5.92 Å². The Morgan fingerprint density at radius 1 is 1.57 bits per heavy atom. The highest BCUT2D eigenvalue weighted by Gasteiger charge is 2.08. The molecule has 1 aromatic rings. The van der Waals surface area contributed by atoms with Gasteiger partial charge in [-0.25, -0.2) is 4.98 Å². The number of rotatable bonds is 6. The van der Waals surface area contributed by atoms with Gasteiger partial charge in [0.2, 0.25) is 0 Å². The highest BCUT2D eigenvalue weighted by molar-refractivity contribution is 5.04. The third kappa shape index (κ3) is 2.84. The maximum Gasteiger partial charge on any atom is 0.0948 e. The third-order valence-corrected chi connectivity index (χ3v) is 2.69. The van der Waals surface area contributed by atoms with Crippen molar-refractivity contribution in [3.63, 3.8) is 0 Å². The van der Waals surface area contributed by atoms with Crippen LogP contribution < -0.4 is 5.32 Å². The Hall–Kier alpha value is -0.830. The highest BCUT2D eigenvalue weighted by Crippen LogP contribution is 2.17. The summed E-state index contributed by atoms with van der Waals surface area (Å²) in [7, 11) is 1.99. The van der Waals surface area contributed by atoms with Crippen molar-refractivity contribution in [3.05, 3.63) is 18.2 Å². The standard InChI is InChI=1S/C11H21N3/c1-4-10(2)11-8-13-9-14(11)7-5-6-12-3/h8-10,12H,4-7H2,1-3H3. The molecule has 0 saturated carbocycles. The van der Waals surface area contributed by atoms with Crippen LogP contribution in [0.3, 0.4) is 0 Å². The first-order valence-corrected chi connectivity index (χ1v) is 5.44. The van der Waals surface area contributed by atoms with Crippen LogP contribution >= 0.6 is 0 Å². The first-order valence-electron chi connectivity index (χ1n) is 5.44. The van der Waals surface area contributed by atoms with E-state index in [9.17, 15) is 0 Å². The fourth-order valence-corrected chi connectivity index (χ4v) is 1.56. The van der Waals surface area contributed by atoms with E-state index in [2.05, 4.69) is 28.7 Å². The molecule has 1 atom stereocenters. The molecule has 0 amide bonds. The van der Waals surface area contributed by atoms with Crippen molar-refractivity contribution >= 4 is 0 Å². The minimum atomic E-state index is 0.618. The molecule has 0 aliphatic carbocycles. The number of nitrogens with one attached hydrogen (secondary N) is 1. The lowest BCUT2D eigenvalue weighted by Gasteiger charge is -2.12. The van der Waals surface area contributed by atoms with Crippen molar-refractivity contribution < 1.29 is 0 Å². The van der Waals surface area contributed by atoms with Gasteiger partial charge in [0, 0.05) is 18.4 Å². The molecular formula is C11H21N3. The summed E-state index contributed by atoms with van der Waals surface area (Å²) in [5.74, 6) is 0.618. The van der Waals surface area contributed by atoms with Gasteiger partial charge in [0.1, 0.15) is 0 Å². The molecule has 1 rings (SSSR count). The van der Waals surface area contributed by atoms with E-state index < -0.39 is 0 Å². The molecule has 1 heterocycles. The molecule has 0 saturated heterocycles. The molecule has 0 aliphatic rings. The second-order valence-corrected chi connectivity index (χ2v) is 3.78. The van der Waals surface area contributed by atoms with Crippen molar-refractivity contribution in [1.29, 1.82) is 0 Å². The first kappa shape index (κ1) is 11.2. The molecule has 0 bridgehead atoms. The topological polar surface area (TPSA) is 29.9 Å². The zero-order valence-electron chi connectivity index (χ0n) is 9.45. The van der Waals surface area contributed by atoms with Crippen molar-refractivity contribution in [2.45, 2.75) is 39.2 Å². The van der Waals surface area contributed by atoms with Gasteiger partial charge in [-0.15, -0.1) is 0 Å². The highest BCUT2D eigenvalue weighted by atomic mass is 15.0. The van der Waals surface area contributed by atoms with Gasteiger partial charge in [0.25, 0.3) is 0 Å². The van der Waals surface area contributed by atoms with Crippen LogP contribution in [0.2, 0.25) is 0 Å². The molecule has 0 fully saturated rings. The van der Waals surface area contributed by atoms with Gasteiger partial charge >= 0.3 is 0 Å². The molecule has 0 aromatic carbocycles. The Morgan fingerprint density at radius 3 is 3.00 bits per heavy atom. The minimum Gasteiger partial charge on any atom is -0.334 e. The quantitative estimate of drug-likeness (QED) is 0.704. The van der Waals surface area contributed by atoms with Gasteiger partial charge in [-0.2, -0.15) is 0 Å². The first-order chi connectivity index (χ1) is 6.79. The monoisotopic (exact) mass is 195 g/mol. The van der Waals surface area contributed by atoms with Crippen LogP contribution in [-0.4, -0.2) is 23.1 Å². The van der Waals surface area contributed by atoms with Gasteiger partial charge in [-0.3, -0.25) is 0 Å². The molecule has 3 nitrogen and oxygen atoms in total. The van der Waals surface area contributed by atoms with E-state index in [0.717, 1.165) is 19.5 Å². The summed E-state index contributed by atoms with van der Waals surface area (Å²) in [5, 5.41) is 3.16. The fourth-order valence-electron chi connectivity index (χ4n) is 1.56. The minimum absolute atomic E-state index is 0.618. The Morgan fingerprint density at radius 2 is 2.36 bits per heavy atom. The number of imidazole rings is 1. The predicted molar refractivity (Wildman–Crippen MR) is 59.5 cm³/mol. The van der Waals surface area contributed by atoms with E-state index in [1.807, 2.05) is 19.6 Å². The molecule has 1 N–H and O–H groups in total. The van der Waals surface area contributed by atoms with Gasteiger partial charge in [0.15, 0.2) is 0 Å². The number of nitrogens with zero attached hydrogens (tertiary/aromatic N) is 2. The van der Waals surface area contributed by atoms with Crippen LogP contribution in [0.15, 0.2) is 12.5 Å². The molecule has 3 heteroatoms. The van der Waals surface area contributed by atoms with Crippen LogP contribution in [0.5, 0.6) is 0 Å². The summed E-state index contributed by atoms with van der Waals surface area (Å²) in [6, 6.07) is 0. The molecule has 1 aromatic heterocycles. The van der Waals surface area contributed by atoms with Crippen LogP contribution in [0, 0.1) is 0 Å². The Balaban J connectivity index is 2.53. The summed E-state index contributed by atoms with van der Waals surface area (Å²) in [6.07, 6.45) is 6.28. The molecule has 0 aliphatic heterocycles. The smallest absolute Gasteiger partial charge is 0.0948 e. The Labute approximate surface area is 86.5 Å². The van der Waals surface area contributed by atoms with Gasteiger partial charge in [-0.1, -0.05) is 13.8 Å². The molecule has 80 valence electrons. The Bertz CT molecular complexity index is 255. The number of aryl methyl sites for hydroxylation is 1. The third-order valence-electron chi connectivity index (χ3n) is 2.69. The van der Waals surface area contributed by atoms with E-state index in [-0.39, 0.29) is 0 Å². The van der Waals surface area contributed by atoms with Crippen molar-refractivity contribution in [3.8, 4) is 0 Å².